The van der Waals surface area contributed by atoms with Crippen LogP contribution in [0.25, 0.3) is 11.3 Å². The number of carbonyl (C=O) groups is 1. The summed E-state index contributed by atoms with van der Waals surface area (Å²) in [5, 5.41) is 6.47. The molecule has 2 rings (SSSR count). The van der Waals surface area contributed by atoms with E-state index in [-0.39, 0.29) is 11.8 Å². The van der Waals surface area contributed by atoms with Gasteiger partial charge in [-0.05, 0) is 31.2 Å². The summed E-state index contributed by atoms with van der Waals surface area (Å²) in [6.45, 7) is 1.86. The first kappa shape index (κ1) is 11.7. The molecule has 2 aromatic rings. The molecule has 0 spiro atoms. The molecule has 0 saturated heterocycles. The first-order valence-electron chi connectivity index (χ1n) is 5.08. The fourth-order valence-corrected chi connectivity index (χ4v) is 1.48. The highest BCUT2D eigenvalue weighted by atomic mass is 35.5. The Morgan fingerprint density at radius 1 is 1.41 bits per heavy atom. The lowest BCUT2D eigenvalue weighted by Gasteiger charge is -2.03. The Hall–Kier alpha value is -1.81. The maximum absolute atomic E-state index is 11.1. The number of amides is 1. The minimum absolute atomic E-state index is 0.0525. The van der Waals surface area contributed by atoms with Crippen molar-refractivity contribution in [3.63, 3.8) is 0 Å². The minimum Gasteiger partial charge on any atom is -0.356 e. The monoisotopic (exact) mass is 250 g/mol. The molecule has 1 N–H and O–H groups in total. The fraction of sp³-hybridized carbons (Fsp3) is 0.167. The maximum atomic E-state index is 11.1. The van der Waals surface area contributed by atoms with Gasteiger partial charge in [0.2, 0.25) is 5.91 Å². The number of anilines is 1. The van der Waals surface area contributed by atoms with Gasteiger partial charge in [-0.3, -0.25) is 4.79 Å². The number of aromatic nitrogens is 1. The van der Waals surface area contributed by atoms with Gasteiger partial charge in [-0.15, -0.1) is 11.6 Å². The molecule has 0 aliphatic heterocycles. The number of hydrogen-bond acceptors (Lipinski definition) is 3. The van der Waals surface area contributed by atoms with E-state index in [9.17, 15) is 4.79 Å². The number of benzene rings is 1. The third kappa shape index (κ3) is 2.85. The molecular formula is C12H11ClN2O2. The van der Waals surface area contributed by atoms with E-state index in [0.29, 0.717) is 11.4 Å². The quantitative estimate of drug-likeness (QED) is 0.853. The van der Waals surface area contributed by atoms with Crippen molar-refractivity contribution in [2.45, 2.75) is 6.92 Å². The molecule has 88 valence electrons. The van der Waals surface area contributed by atoms with Crippen LogP contribution in [0.5, 0.6) is 0 Å². The fourth-order valence-electron chi connectivity index (χ4n) is 1.41. The van der Waals surface area contributed by atoms with E-state index >= 15 is 0 Å². The van der Waals surface area contributed by atoms with Crippen molar-refractivity contribution >= 4 is 23.2 Å². The lowest BCUT2D eigenvalue weighted by molar-refractivity contribution is -0.113. The van der Waals surface area contributed by atoms with E-state index in [2.05, 4.69) is 10.5 Å². The standard InChI is InChI=1S/C12H11ClN2O2/c1-8-6-11(17-15-8)9-2-4-10(5-3-9)14-12(16)7-13/h2-6H,7H2,1H3,(H,14,16). The van der Waals surface area contributed by atoms with Crippen LogP contribution in [-0.4, -0.2) is 16.9 Å². The van der Waals surface area contributed by atoms with E-state index in [1.54, 1.807) is 12.1 Å². The summed E-state index contributed by atoms with van der Waals surface area (Å²) in [7, 11) is 0. The second-order valence-electron chi connectivity index (χ2n) is 3.59. The van der Waals surface area contributed by atoms with Crippen LogP contribution in [0.4, 0.5) is 5.69 Å². The highest BCUT2D eigenvalue weighted by Gasteiger charge is 2.05. The Morgan fingerprint density at radius 3 is 2.65 bits per heavy atom. The smallest absolute Gasteiger partial charge is 0.239 e. The van der Waals surface area contributed by atoms with Gasteiger partial charge in [-0.1, -0.05) is 5.16 Å². The molecule has 17 heavy (non-hydrogen) atoms. The van der Waals surface area contributed by atoms with Gasteiger partial charge in [0.05, 0.1) is 5.69 Å². The Morgan fingerprint density at radius 2 is 2.12 bits per heavy atom. The summed E-state index contributed by atoms with van der Waals surface area (Å²) in [5.41, 5.74) is 2.45. The number of aryl methyl sites for hydroxylation is 1. The summed E-state index contributed by atoms with van der Waals surface area (Å²) in [4.78, 5) is 11.1. The second-order valence-corrected chi connectivity index (χ2v) is 3.86. The molecule has 0 aliphatic carbocycles. The summed E-state index contributed by atoms with van der Waals surface area (Å²) in [6.07, 6.45) is 0. The molecule has 0 aliphatic rings. The van der Waals surface area contributed by atoms with Crippen LogP contribution in [0.15, 0.2) is 34.9 Å². The van der Waals surface area contributed by atoms with Crippen molar-refractivity contribution in [1.29, 1.82) is 0 Å². The molecular weight excluding hydrogens is 240 g/mol. The number of hydrogen-bond donors (Lipinski definition) is 1. The number of halogens is 1. The molecule has 0 saturated carbocycles. The Bertz CT molecular complexity index is 520. The lowest BCUT2D eigenvalue weighted by atomic mass is 10.1. The van der Waals surface area contributed by atoms with Crippen LogP contribution in [-0.2, 0) is 4.79 Å². The van der Waals surface area contributed by atoms with Crippen molar-refractivity contribution in [3.8, 4) is 11.3 Å². The molecule has 0 fully saturated rings. The third-order valence-electron chi connectivity index (χ3n) is 2.20. The number of nitrogens with one attached hydrogen (secondary N) is 1. The average Bonchev–Trinajstić information content (AvgIpc) is 2.77. The van der Waals surface area contributed by atoms with Gasteiger partial charge in [0.1, 0.15) is 5.88 Å². The Labute approximate surface area is 104 Å². The lowest BCUT2D eigenvalue weighted by Crippen LogP contribution is -2.12. The number of carbonyl (C=O) groups excluding carboxylic acids is 1. The largest absolute Gasteiger partial charge is 0.356 e. The van der Waals surface area contributed by atoms with E-state index in [1.807, 2.05) is 25.1 Å². The highest BCUT2D eigenvalue weighted by Crippen LogP contribution is 2.21. The minimum atomic E-state index is -0.227. The SMILES string of the molecule is Cc1cc(-c2ccc(NC(=O)CCl)cc2)on1. The summed E-state index contributed by atoms with van der Waals surface area (Å²) in [6, 6.07) is 9.13. The molecule has 5 heteroatoms. The summed E-state index contributed by atoms with van der Waals surface area (Å²) in [5.74, 6) is 0.427. The van der Waals surface area contributed by atoms with Crippen LogP contribution in [0.1, 0.15) is 5.69 Å². The van der Waals surface area contributed by atoms with Gasteiger partial charge in [-0.25, -0.2) is 0 Å². The van der Waals surface area contributed by atoms with Crippen molar-refractivity contribution < 1.29 is 9.32 Å². The van der Waals surface area contributed by atoms with Gasteiger partial charge >= 0.3 is 0 Å². The second kappa shape index (κ2) is 5.01. The van der Waals surface area contributed by atoms with Gasteiger partial charge in [0.25, 0.3) is 0 Å². The van der Waals surface area contributed by atoms with Crippen LogP contribution < -0.4 is 5.32 Å². The Balaban J connectivity index is 2.15. The van der Waals surface area contributed by atoms with Crippen LogP contribution >= 0.6 is 11.6 Å². The molecule has 1 aromatic carbocycles. The number of rotatable bonds is 3. The third-order valence-corrected chi connectivity index (χ3v) is 2.45. The van der Waals surface area contributed by atoms with Crippen LogP contribution in [0.3, 0.4) is 0 Å². The van der Waals surface area contributed by atoms with Gasteiger partial charge in [0.15, 0.2) is 5.76 Å². The first-order chi connectivity index (χ1) is 8.19. The molecule has 0 bridgehead atoms. The zero-order chi connectivity index (χ0) is 12.3. The van der Waals surface area contributed by atoms with Gasteiger partial charge in [0, 0.05) is 17.3 Å². The molecule has 0 unspecified atom stereocenters. The zero-order valence-corrected chi connectivity index (χ0v) is 9.99. The normalized spacial score (nSPS) is 10.2. The molecule has 1 aromatic heterocycles. The topological polar surface area (TPSA) is 55.1 Å². The molecule has 1 heterocycles. The van der Waals surface area contributed by atoms with Crippen molar-refractivity contribution in [3.05, 3.63) is 36.0 Å². The molecule has 4 nitrogen and oxygen atoms in total. The predicted octanol–water partition coefficient (Wildman–Crippen LogP) is 2.83. The number of nitrogens with zero attached hydrogens (tertiary/aromatic N) is 1. The maximum Gasteiger partial charge on any atom is 0.239 e. The van der Waals surface area contributed by atoms with Crippen molar-refractivity contribution in [1.82, 2.24) is 5.16 Å². The average molecular weight is 251 g/mol. The van der Waals surface area contributed by atoms with E-state index < -0.39 is 0 Å². The van der Waals surface area contributed by atoms with Gasteiger partial charge < -0.3 is 9.84 Å². The Kier molecular flexibility index (Phi) is 3.44. The van der Waals surface area contributed by atoms with Gasteiger partial charge in [-0.2, -0.15) is 0 Å². The highest BCUT2D eigenvalue weighted by molar-refractivity contribution is 6.29. The number of alkyl halides is 1. The van der Waals surface area contributed by atoms with Crippen LogP contribution in [0.2, 0.25) is 0 Å². The molecule has 1 amide bonds. The van der Waals surface area contributed by atoms with E-state index in [0.717, 1.165) is 11.3 Å². The van der Waals surface area contributed by atoms with E-state index in [4.69, 9.17) is 16.1 Å². The molecule has 0 atom stereocenters. The van der Waals surface area contributed by atoms with Crippen molar-refractivity contribution in [2.24, 2.45) is 0 Å². The molecule has 0 radical (unpaired) electrons. The van der Waals surface area contributed by atoms with Crippen molar-refractivity contribution in [2.75, 3.05) is 11.2 Å². The zero-order valence-electron chi connectivity index (χ0n) is 9.24. The summed E-state index contributed by atoms with van der Waals surface area (Å²) < 4.78 is 5.13. The van der Waals surface area contributed by atoms with E-state index in [1.165, 1.54) is 0 Å². The summed E-state index contributed by atoms with van der Waals surface area (Å²) >= 11 is 5.40. The predicted molar refractivity (Wildman–Crippen MR) is 66.0 cm³/mol. The van der Waals surface area contributed by atoms with Crippen LogP contribution in [0, 0.1) is 6.92 Å². The first-order valence-corrected chi connectivity index (χ1v) is 5.62.